The Balaban J connectivity index is 2.56. The van der Waals surface area contributed by atoms with Crippen LogP contribution in [-0.4, -0.2) is 0 Å². The molecule has 0 fully saturated rings. The Bertz CT molecular complexity index is 639. The molecule has 0 atom stereocenters. The predicted octanol–water partition coefficient (Wildman–Crippen LogP) is 3.78. The second kappa shape index (κ2) is 5.48. The Kier molecular flexibility index (Phi) is 3.54. The van der Waals surface area contributed by atoms with Gasteiger partial charge in [-0.15, -0.1) is 0 Å². The average Bonchev–Trinajstić information content (AvgIpc) is 2.46. The molecule has 0 radical (unpaired) electrons. The SMILES string of the molecule is N#CC(C#N)=Cc1ccccc1-c1ccccc1. The van der Waals surface area contributed by atoms with Crippen LogP contribution < -0.4 is 0 Å². The molecule has 0 unspecified atom stereocenters. The van der Waals surface area contributed by atoms with Crippen LogP contribution in [0.25, 0.3) is 17.2 Å². The number of rotatable bonds is 2. The first-order valence-electron chi connectivity index (χ1n) is 5.51. The summed E-state index contributed by atoms with van der Waals surface area (Å²) in [7, 11) is 0. The first-order chi connectivity index (χ1) is 8.85. The lowest BCUT2D eigenvalue weighted by molar-refractivity contribution is 1.47. The third-order valence-electron chi connectivity index (χ3n) is 2.59. The first-order valence-corrected chi connectivity index (χ1v) is 5.51. The number of hydrogen-bond donors (Lipinski definition) is 0. The molecule has 2 aromatic rings. The van der Waals surface area contributed by atoms with E-state index in [-0.39, 0.29) is 5.57 Å². The molecule has 2 nitrogen and oxygen atoms in total. The highest BCUT2D eigenvalue weighted by Gasteiger charge is 2.03. The van der Waals surface area contributed by atoms with Gasteiger partial charge >= 0.3 is 0 Å². The minimum Gasteiger partial charge on any atom is -0.192 e. The summed E-state index contributed by atoms with van der Waals surface area (Å²) in [5.41, 5.74) is 3.07. The molecule has 0 amide bonds. The Morgan fingerprint density at radius 3 is 2.11 bits per heavy atom. The third-order valence-corrected chi connectivity index (χ3v) is 2.59. The molecule has 0 aliphatic heterocycles. The Morgan fingerprint density at radius 2 is 1.44 bits per heavy atom. The van der Waals surface area contributed by atoms with Gasteiger partial charge in [-0.1, -0.05) is 54.6 Å². The van der Waals surface area contributed by atoms with Crippen LogP contribution >= 0.6 is 0 Å². The van der Waals surface area contributed by atoms with Crippen molar-refractivity contribution in [2.75, 3.05) is 0 Å². The molecular formula is C16H10N2. The van der Waals surface area contributed by atoms with E-state index in [2.05, 4.69) is 0 Å². The summed E-state index contributed by atoms with van der Waals surface area (Å²) < 4.78 is 0. The average molecular weight is 230 g/mol. The summed E-state index contributed by atoms with van der Waals surface area (Å²) in [6, 6.07) is 21.4. The van der Waals surface area contributed by atoms with Crippen LogP contribution in [0.3, 0.4) is 0 Å². The lowest BCUT2D eigenvalue weighted by Gasteiger charge is -2.05. The van der Waals surface area contributed by atoms with Gasteiger partial charge in [-0.25, -0.2) is 0 Å². The van der Waals surface area contributed by atoms with Gasteiger partial charge in [0.2, 0.25) is 0 Å². The molecule has 0 bridgehead atoms. The van der Waals surface area contributed by atoms with Crippen molar-refractivity contribution in [1.29, 1.82) is 10.5 Å². The third kappa shape index (κ3) is 2.45. The highest BCUT2D eigenvalue weighted by Crippen LogP contribution is 2.25. The smallest absolute Gasteiger partial charge is 0.130 e. The van der Waals surface area contributed by atoms with Gasteiger partial charge < -0.3 is 0 Å². The van der Waals surface area contributed by atoms with Crippen molar-refractivity contribution in [2.45, 2.75) is 0 Å². The molecular weight excluding hydrogens is 220 g/mol. The van der Waals surface area contributed by atoms with Crippen LogP contribution in [0.1, 0.15) is 5.56 Å². The van der Waals surface area contributed by atoms with Gasteiger partial charge in [0.1, 0.15) is 17.7 Å². The lowest BCUT2D eigenvalue weighted by Crippen LogP contribution is -1.83. The molecule has 2 aromatic carbocycles. The summed E-state index contributed by atoms with van der Waals surface area (Å²) >= 11 is 0. The van der Waals surface area contributed by atoms with Crippen molar-refractivity contribution < 1.29 is 0 Å². The molecule has 0 aliphatic carbocycles. The summed E-state index contributed by atoms with van der Waals surface area (Å²) in [4.78, 5) is 0. The quantitative estimate of drug-likeness (QED) is 0.737. The van der Waals surface area contributed by atoms with Gasteiger partial charge in [0.25, 0.3) is 0 Å². The van der Waals surface area contributed by atoms with Crippen LogP contribution in [-0.2, 0) is 0 Å². The first kappa shape index (κ1) is 11.6. The summed E-state index contributed by atoms with van der Waals surface area (Å²) in [6.07, 6.45) is 1.61. The predicted molar refractivity (Wildman–Crippen MR) is 71.1 cm³/mol. The van der Waals surface area contributed by atoms with Crippen LogP contribution in [0.15, 0.2) is 60.2 Å². The van der Waals surface area contributed by atoms with E-state index in [1.807, 2.05) is 66.7 Å². The molecule has 0 N–H and O–H groups in total. The van der Waals surface area contributed by atoms with Gasteiger partial charge in [-0.3, -0.25) is 0 Å². The summed E-state index contributed by atoms with van der Waals surface area (Å²) in [5, 5.41) is 17.6. The van der Waals surface area contributed by atoms with Gasteiger partial charge in [-0.05, 0) is 22.8 Å². The lowest BCUT2D eigenvalue weighted by atomic mass is 9.98. The normalized spacial score (nSPS) is 9.00. The highest BCUT2D eigenvalue weighted by atomic mass is 14.3. The van der Waals surface area contributed by atoms with E-state index >= 15 is 0 Å². The summed E-state index contributed by atoms with van der Waals surface area (Å²) in [6.45, 7) is 0. The fourth-order valence-electron chi connectivity index (χ4n) is 1.75. The van der Waals surface area contributed by atoms with Crippen molar-refractivity contribution >= 4 is 6.08 Å². The van der Waals surface area contributed by atoms with Gasteiger partial charge in [0.05, 0.1) is 0 Å². The second-order valence-corrected chi connectivity index (χ2v) is 3.73. The highest BCUT2D eigenvalue weighted by molar-refractivity contribution is 5.77. The summed E-state index contributed by atoms with van der Waals surface area (Å²) in [5.74, 6) is 0. The van der Waals surface area contributed by atoms with E-state index in [4.69, 9.17) is 10.5 Å². The van der Waals surface area contributed by atoms with Crippen molar-refractivity contribution in [3.63, 3.8) is 0 Å². The molecule has 0 saturated carbocycles. The van der Waals surface area contributed by atoms with Crippen LogP contribution in [0.5, 0.6) is 0 Å². The molecule has 2 heteroatoms. The largest absolute Gasteiger partial charge is 0.192 e. The Labute approximate surface area is 106 Å². The fraction of sp³-hybridized carbons (Fsp3) is 0. The van der Waals surface area contributed by atoms with E-state index in [1.54, 1.807) is 6.08 Å². The van der Waals surface area contributed by atoms with Crippen molar-refractivity contribution in [3.8, 4) is 23.3 Å². The van der Waals surface area contributed by atoms with E-state index in [9.17, 15) is 0 Å². The van der Waals surface area contributed by atoms with Gasteiger partial charge in [0.15, 0.2) is 0 Å². The minimum atomic E-state index is 0.110. The van der Waals surface area contributed by atoms with Crippen molar-refractivity contribution in [1.82, 2.24) is 0 Å². The van der Waals surface area contributed by atoms with Crippen LogP contribution in [0.4, 0.5) is 0 Å². The molecule has 0 spiro atoms. The number of allylic oxidation sites excluding steroid dienone is 1. The zero-order valence-electron chi connectivity index (χ0n) is 9.67. The standard InChI is InChI=1S/C16H10N2/c17-11-13(12-18)10-15-8-4-5-9-16(15)14-6-2-1-3-7-14/h1-10H. The van der Waals surface area contributed by atoms with E-state index < -0.39 is 0 Å². The molecule has 18 heavy (non-hydrogen) atoms. The zero-order chi connectivity index (χ0) is 12.8. The fourth-order valence-corrected chi connectivity index (χ4v) is 1.75. The molecule has 2 rings (SSSR count). The van der Waals surface area contributed by atoms with E-state index in [0.29, 0.717) is 0 Å². The Hall–Kier alpha value is -2.84. The number of hydrogen-bond acceptors (Lipinski definition) is 2. The van der Waals surface area contributed by atoms with Crippen molar-refractivity contribution in [3.05, 3.63) is 65.7 Å². The van der Waals surface area contributed by atoms with Crippen molar-refractivity contribution in [2.24, 2.45) is 0 Å². The second-order valence-electron chi connectivity index (χ2n) is 3.73. The molecule has 0 saturated heterocycles. The monoisotopic (exact) mass is 230 g/mol. The van der Waals surface area contributed by atoms with E-state index in [1.165, 1.54) is 0 Å². The number of nitriles is 2. The molecule has 0 aromatic heterocycles. The molecule has 84 valence electrons. The number of nitrogens with zero attached hydrogens (tertiary/aromatic N) is 2. The zero-order valence-corrected chi connectivity index (χ0v) is 9.67. The topological polar surface area (TPSA) is 47.6 Å². The van der Waals surface area contributed by atoms with Gasteiger partial charge in [-0.2, -0.15) is 10.5 Å². The maximum absolute atomic E-state index is 8.81. The Morgan fingerprint density at radius 1 is 0.833 bits per heavy atom. The van der Waals surface area contributed by atoms with E-state index in [0.717, 1.165) is 16.7 Å². The maximum atomic E-state index is 8.81. The maximum Gasteiger partial charge on any atom is 0.130 e. The van der Waals surface area contributed by atoms with Crippen LogP contribution in [0, 0.1) is 22.7 Å². The minimum absolute atomic E-state index is 0.110. The van der Waals surface area contributed by atoms with Gasteiger partial charge in [0, 0.05) is 0 Å². The number of benzene rings is 2. The molecule has 0 heterocycles. The van der Waals surface area contributed by atoms with Crippen LogP contribution in [0.2, 0.25) is 0 Å². The molecule has 0 aliphatic rings.